The molecule has 0 radical (unpaired) electrons. The van der Waals surface area contributed by atoms with E-state index in [4.69, 9.17) is 17.2 Å². The summed E-state index contributed by atoms with van der Waals surface area (Å²) in [4.78, 5) is 80.8. The number of nitrogens with zero attached hydrogens (tertiary/aromatic N) is 1. The van der Waals surface area contributed by atoms with Crippen LogP contribution >= 0.6 is 0 Å². The molecule has 0 bridgehead atoms. The highest BCUT2D eigenvalue weighted by atomic mass is 16.4. The summed E-state index contributed by atoms with van der Waals surface area (Å²) < 4.78 is 0. The molecule has 0 saturated heterocycles. The molecule has 1 aromatic rings. The summed E-state index contributed by atoms with van der Waals surface area (Å²) in [6, 6.07) is 5.32. The number of rotatable bonds is 24. The lowest BCUT2D eigenvalue weighted by atomic mass is 9.94. The minimum absolute atomic E-state index is 0.0400. The molecule has 48 heavy (non-hydrogen) atoms. The molecule has 4 amide bonds. The lowest BCUT2D eigenvalue weighted by Gasteiger charge is -2.25. The van der Waals surface area contributed by atoms with Gasteiger partial charge in [-0.2, -0.15) is 0 Å². The van der Waals surface area contributed by atoms with Gasteiger partial charge in [-0.05, 0) is 50.1 Å². The largest absolute Gasteiger partial charge is 0.481 e. The number of nitrogens with two attached hydrogens (primary N) is 3. The number of carbonyl (C=O) groups excluding carboxylic acids is 5. The molecule has 11 N–H and O–H groups in total. The highest BCUT2D eigenvalue weighted by Gasteiger charge is 2.31. The second-order valence-corrected chi connectivity index (χ2v) is 12.1. The predicted molar refractivity (Wildman–Crippen MR) is 182 cm³/mol. The maximum atomic E-state index is 13.6. The molecule has 15 nitrogen and oxygen atoms in total. The first kappa shape index (κ1) is 41.5. The fourth-order valence-corrected chi connectivity index (χ4v) is 4.75. The van der Waals surface area contributed by atoms with Crippen LogP contribution in [0, 0.1) is 11.8 Å². The van der Waals surface area contributed by atoms with Crippen LogP contribution in [0.2, 0.25) is 0 Å². The van der Waals surface area contributed by atoms with Gasteiger partial charge in [0.2, 0.25) is 23.6 Å². The van der Waals surface area contributed by atoms with Gasteiger partial charge in [0.05, 0.1) is 19.0 Å². The van der Waals surface area contributed by atoms with Gasteiger partial charge in [-0.1, -0.05) is 57.5 Å². The summed E-state index contributed by atoms with van der Waals surface area (Å²) in [6.45, 7) is 5.88. The van der Waals surface area contributed by atoms with Crippen LogP contribution in [-0.4, -0.2) is 84.2 Å². The van der Waals surface area contributed by atoms with Crippen LogP contribution in [0.3, 0.4) is 0 Å². The van der Waals surface area contributed by atoms with Gasteiger partial charge in [-0.25, -0.2) is 0 Å². The van der Waals surface area contributed by atoms with Gasteiger partial charge in [0.25, 0.3) is 0 Å². The number of unbranched alkanes of at least 4 members (excludes halogenated alkanes) is 1. The monoisotopic (exact) mass is 674 g/mol. The lowest BCUT2D eigenvalue weighted by Crippen LogP contribution is -2.57. The molecule has 0 aliphatic rings. The smallest absolute Gasteiger partial charge is 0.305 e. The van der Waals surface area contributed by atoms with Crippen molar-refractivity contribution in [2.75, 3.05) is 19.6 Å². The van der Waals surface area contributed by atoms with E-state index in [1.54, 1.807) is 37.3 Å². The van der Waals surface area contributed by atoms with Crippen molar-refractivity contribution in [3.63, 3.8) is 0 Å². The Balaban J connectivity index is 3.05. The highest BCUT2D eigenvalue weighted by molar-refractivity contribution is 5.96. The van der Waals surface area contributed by atoms with E-state index in [2.05, 4.69) is 26.3 Å². The van der Waals surface area contributed by atoms with E-state index in [0.29, 0.717) is 50.8 Å². The van der Waals surface area contributed by atoms with E-state index in [9.17, 15) is 33.9 Å². The molecule has 268 valence electrons. The number of carboxylic acids is 1. The van der Waals surface area contributed by atoms with E-state index >= 15 is 0 Å². The number of ketones is 1. The molecule has 0 aliphatic heterocycles. The van der Waals surface area contributed by atoms with E-state index in [1.165, 1.54) is 0 Å². The third-order valence-electron chi connectivity index (χ3n) is 7.81. The van der Waals surface area contributed by atoms with Crippen LogP contribution in [-0.2, 0) is 35.2 Å². The molecule has 0 fully saturated rings. The Bertz CT molecular complexity index is 1220. The molecule has 1 aromatic carbocycles. The quantitative estimate of drug-likeness (QED) is 0.0416. The molecule has 0 saturated carbocycles. The van der Waals surface area contributed by atoms with Crippen molar-refractivity contribution in [2.45, 2.75) is 96.7 Å². The third-order valence-corrected chi connectivity index (χ3v) is 7.81. The van der Waals surface area contributed by atoms with Crippen LogP contribution in [0.25, 0.3) is 0 Å². The Morgan fingerprint density at radius 2 is 1.46 bits per heavy atom. The first-order valence-electron chi connectivity index (χ1n) is 16.5. The number of hydrogen-bond acceptors (Lipinski definition) is 8. The second kappa shape index (κ2) is 22.9. The van der Waals surface area contributed by atoms with Crippen molar-refractivity contribution in [1.82, 2.24) is 21.3 Å². The topological polar surface area (TPSA) is 261 Å². The number of guanidine groups is 1. The Labute approximate surface area is 282 Å². The van der Waals surface area contributed by atoms with Crippen LogP contribution in [0.5, 0.6) is 0 Å². The van der Waals surface area contributed by atoms with Gasteiger partial charge in [0, 0.05) is 25.3 Å². The minimum atomic E-state index is -1.55. The van der Waals surface area contributed by atoms with Crippen molar-refractivity contribution in [2.24, 2.45) is 34.0 Å². The van der Waals surface area contributed by atoms with Crippen LogP contribution in [0.1, 0.15) is 77.7 Å². The van der Waals surface area contributed by atoms with Gasteiger partial charge in [-0.15, -0.1) is 0 Å². The Morgan fingerprint density at radius 3 is 2.06 bits per heavy atom. The van der Waals surface area contributed by atoms with E-state index in [-0.39, 0.29) is 30.5 Å². The first-order chi connectivity index (χ1) is 22.8. The average Bonchev–Trinajstić information content (AvgIpc) is 3.04. The van der Waals surface area contributed by atoms with Crippen LogP contribution in [0.4, 0.5) is 0 Å². The number of carbonyl (C=O) groups is 6. The summed E-state index contributed by atoms with van der Waals surface area (Å²) in [7, 11) is 0. The zero-order valence-corrected chi connectivity index (χ0v) is 28.3. The van der Waals surface area contributed by atoms with Crippen molar-refractivity contribution in [1.29, 1.82) is 0 Å². The minimum Gasteiger partial charge on any atom is -0.481 e. The number of nitrogens with one attached hydrogen (secondary N) is 4. The van der Waals surface area contributed by atoms with Crippen LogP contribution < -0.4 is 38.5 Å². The SMILES string of the molecule is CCC(C)CC(=O)[C@H](CCCCN)NC(=O)[C@@H](Cc1ccccc1)NC(=O)[C@H](CC(=O)O)NC(=O)CNC(=O)[C@@H](C)CCCN=C(N)N. The van der Waals surface area contributed by atoms with Crippen molar-refractivity contribution < 1.29 is 33.9 Å². The zero-order valence-electron chi connectivity index (χ0n) is 28.3. The summed E-state index contributed by atoms with van der Waals surface area (Å²) in [5.41, 5.74) is 16.9. The van der Waals surface area contributed by atoms with Gasteiger partial charge < -0.3 is 43.6 Å². The Kier molecular flexibility index (Phi) is 19.8. The highest BCUT2D eigenvalue weighted by Crippen LogP contribution is 2.13. The summed E-state index contributed by atoms with van der Waals surface area (Å²) >= 11 is 0. The summed E-state index contributed by atoms with van der Waals surface area (Å²) in [5.74, 6) is -4.63. The molecule has 1 rings (SSSR count). The summed E-state index contributed by atoms with van der Waals surface area (Å²) in [5, 5.41) is 19.7. The van der Waals surface area contributed by atoms with Gasteiger partial charge in [-0.3, -0.25) is 33.8 Å². The lowest BCUT2D eigenvalue weighted by molar-refractivity contribution is -0.141. The number of benzene rings is 1. The third kappa shape index (κ3) is 17.4. The maximum Gasteiger partial charge on any atom is 0.305 e. The second-order valence-electron chi connectivity index (χ2n) is 12.1. The first-order valence-corrected chi connectivity index (χ1v) is 16.5. The molecule has 1 unspecified atom stereocenters. The normalized spacial score (nSPS) is 13.9. The van der Waals surface area contributed by atoms with Crippen molar-refractivity contribution in [3.8, 4) is 0 Å². The number of aliphatic carboxylic acids is 1. The number of aliphatic imine (C=N–C) groups is 1. The molecule has 0 heterocycles. The standard InChI is InChI=1S/C33H54N8O7/c1-4-21(2)17-27(42)24(14-8-9-15-34)40-31(47)25(18-23-12-6-5-7-13-23)41-32(48)26(19-29(44)45)39-28(43)20-38-30(46)22(3)11-10-16-37-33(35)36/h5-7,12-13,21-22,24-26H,4,8-11,14-20,34H2,1-3H3,(H,38,46)(H,39,43)(H,40,47)(H,41,48)(H,44,45)(H4,35,36,37)/t21?,22-,24-,25+,26-/m0/s1. The number of Topliss-reactive ketones (excluding diaryl/α,β-unsaturated/α-hetero) is 1. The molecule has 0 aromatic heterocycles. The fraction of sp³-hybridized carbons (Fsp3) is 0.606. The van der Waals surface area contributed by atoms with E-state index in [1.807, 2.05) is 13.8 Å². The fourth-order valence-electron chi connectivity index (χ4n) is 4.75. The van der Waals surface area contributed by atoms with Gasteiger partial charge in [0.15, 0.2) is 11.7 Å². The average molecular weight is 675 g/mol. The molecular formula is C33H54N8O7. The van der Waals surface area contributed by atoms with Crippen molar-refractivity contribution >= 4 is 41.3 Å². The maximum absolute atomic E-state index is 13.6. The molecular weight excluding hydrogens is 620 g/mol. The molecule has 0 spiro atoms. The molecule has 5 atom stereocenters. The van der Waals surface area contributed by atoms with Crippen molar-refractivity contribution in [3.05, 3.63) is 35.9 Å². The van der Waals surface area contributed by atoms with Gasteiger partial charge in [0.1, 0.15) is 12.1 Å². The molecule has 0 aliphatic carbocycles. The predicted octanol–water partition coefficient (Wildman–Crippen LogP) is 0.0984. The van der Waals surface area contributed by atoms with Crippen LogP contribution in [0.15, 0.2) is 35.3 Å². The van der Waals surface area contributed by atoms with Gasteiger partial charge >= 0.3 is 5.97 Å². The number of amides is 4. The Morgan fingerprint density at radius 1 is 0.812 bits per heavy atom. The van der Waals surface area contributed by atoms with E-state index in [0.717, 1.165) is 6.42 Å². The Hall–Kier alpha value is -4.53. The number of hydrogen-bond donors (Lipinski definition) is 8. The number of carboxylic acid groups (broad SMARTS) is 1. The van der Waals surface area contributed by atoms with E-state index < -0.39 is 66.6 Å². The summed E-state index contributed by atoms with van der Waals surface area (Å²) in [6.07, 6.45) is 2.99. The molecule has 15 heteroatoms. The zero-order chi connectivity index (χ0) is 36.1.